The topological polar surface area (TPSA) is 68.3 Å². The number of benzene rings is 1. The molecule has 0 spiro atoms. The molecule has 1 N–H and O–H groups in total. The van der Waals surface area contributed by atoms with Gasteiger partial charge in [0.15, 0.2) is 5.13 Å². The molecule has 1 heterocycles. The summed E-state index contributed by atoms with van der Waals surface area (Å²) in [5, 5.41) is 3.26. The number of nitrogens with one attached hydrogen (secondary N) is 1. The van der Waals surface area contributed by atoms with Crippen molar-refractivity contribution in [2.45, 2.75) is 33.3 Å². The number of hydrogen-bond donors (Lipinski definition) is 1. The van der Waals surface area contributed by atoms with Gasteiger partial charge in [-0.25, -0.2) is 9.78 Å². The predicted octanol–water partition coefficient (Wildman–Crippen LogP) is 3.21. The van der Waals surface area contributed by atoms with Crippen molar-refractivity contribution in [2.75, 3.05) is 5.32 Å². The second-order valence-corrected chi connectivity index (χ2v) is 5.59. The molecule has 0 radical (unpaired) electrons. The number of hydrogen-bond acceptors (Lipinski definition) is 5. The van der Waals surface area contributed by atoms with Gasteiger partial charge < -0.3 is 10.1 Å². The van der Waals surface area contributed by atoms with Crippen LogP contribution in [0.2, 0.25) is 0 Å². The number of amides is 1. The monoisotopic (exact) mass is 292 g/mol. The number of nitrogens with zero attached hydrogens (tertiary/aromatic N) is 1. The van der Waals surface area contributed by atoms with Crippen molar-refractivity contribution in [3.63, 3.8) is 0 Å². The molecule has 0 aliphatic carbocycles. The molecule has 6 heteroatoms. The van der Waals surface area contributed by atoms with Crippen LogP contribution in [0.1, 0.15) is 37.6 Å². The molecule has 1 aromatic carbocycles. The fraction of sp³-hybridized carbons (Fsp3) is 0.357. The molecule has 1 aromatic heterocycles. The molecule has 0 bridgehead atoms. The van der Waals surface area contributed by atoms with Crippen LogP contribution in [-0.4, -0.2) is 23.0 Å². The Morgan fingerprint density at radius 2 is 2.15 bits per heavy atom. The summed E-state index contributed by atoms with van der Waals surface area (Å²) in [6, 6.07) is 5.19. The molecule has 5 nitrogen and oxygen atoms in total. The van der Waals surface area contributed by atoms with Gasteiger partial charge in [-0.3, -0.25) is 4.79 Å². The third kappa shape index (κ3) is 3.33. The van der Waals surface area contributed by atoms with Gasteiger partial charge in [-0.1, -0.05) is 18.3 Å². The van der Waals surface area contributed by atoms with Crippen LogP contribution in [0, 0.1) is 0 Å². The van der Waals surface area contributed by atoms with Gasteiger partial charge in [0.1, 0.15) is 0 Å². The first kappa shape index (κ1) is 14.5. The minimum Gasteiger partial charge on any atom is -0.459 e. The van der Waals surface area contributed by atoms with E-state index in [1.165, 1.54) is 11.3 Å². The van der Waals surface area contributed by atoms with Gasteiger partial charge in [0.2, 0.25) is 5.91 Å². The Morgan fingerprint density at radius 1 is 1.40 bits per heavy atom. The van der Waals surface area contributed by atoms with Gasteiger partial charge in [-0.15, -0.1) is 0 Å². The molecule has 2 rings (SSSR count). The van der Waals surface area contributed by atoms with E-state index in [4.69, 9.17) is 4.74 Å². The molecule has 106 valence electrons. The van der Waals surface area contributed by atoms with Crippen LogP contribution >= 0.6 is 11.3 Å². The summed E-state index contributed by atoms with van der Waals surface area (Å²) < 4.78 is 6.06. The number of ether oxygens (including phenoxy) is 1. The maximum atomic E-state index is 11.8. The zero-order valence-corrected chi connectivity index (χ0v) is 12.4. The fourth-order valence-corrected chi connectivity index (χ4v) is 2.46. The number of esters is 1. The fourth-order valence-electron chi connectivity index (χ4n) is 1.60. The number of thiazole rings is 1. The average molecular weight is 292 g/mol. The first-order chi connectivity index (χ1) is 9.49. The average Bonchev–Trinajstić information content (AvgIpc) is 2.78. The first-order valence-corrected chi connectivity index (χ1v) is 7.22. The molecule has 0 atom stereocenters. The molecule has 0 saturated carbocycles. The van der Waals surface area contributed by atoms with Crippen molar-refractivity contribution in [1.29, 1.82) is 0 Å². The van der Waals surface area contributed by atoms with E-state index in [0.717, 1.165) is 4.70 Å². The molecule has 0 fully saturated rings. The number of rotatable bonds is 4. The van der Waals surface area contributed by atoms with Gasteiger partial charge in [0.05, 0.1) is 21.9 Å². The van der Waals surface area contributed by atoms with E-state index in [0.29, 0.717) is 22.6 Å². The van der Waals surface area contributed by atoms with Gasteiger partial charge >= 0.3 is 5.97 Å². The van der Waals surface area contributed by atoms with Crippen LogP contribution in [0.5, 0.6) is 0 Å². The van der Waals surface area contributed by atoms with Crippen molar-refractivity contribution < 1.29 is 14.3 Å². The Bertz CT molecular complexity index is 649. The lowest BCUT2D eigenvalue weighted by atomic mass is 10.2. The third-order valence-electron chi connectivity index (χ3n) is 2.53. The zero-order chi connectivity index (χ0) is 14.7. The summed E-state index contributed by atoms with van der Waals surface area (Å²) in [5.41, 5.74) is 1.14. The molecule has 0 unspecified atom stereocenters. The van der Waals surface area contributed by atoms with E-state index < -0.39 is 0 Å². The minimum atomic E-state index is -0.367. The second-order valence-electron chi connectivity index (χ2n) is 4.56. The lowest BCUT2D eigenvalue weighted by Gasteiger charge is -2.07. The molecule has 1 amide bonds. The van der Waals surface area contributed by atoms with Crippen LogP contribution in [0.15, 0.2) is 18.2 Å². The number of anilines is 1. The summed E-state index contributed by atoms with van der Waals surface area (Å²) in [6.45, 7) is 5.39. The van der Waals surface area contributed by atoms with E-state index in [1.807, 2.05) is 6.07 Å². The highest BCUT2D eigenvalue weighted by atomic mass is 32.1. The summed E-state index contributed by atoms with van der Waals surface area (Å²) in [5.74, 6) is -0.447. The molecular formula is C14H16N2O3S. The standard InChI is InChI=1S/C14H16N2O3S/c1-4-12(17)16-14-15-10-7-9(5-6-11(10)20-14)13(18)19-8(2)3/h5-8H,4H2,1-3H3,(H,15,16,17). The van der Waals surface area contributed by atoms with E-state index in [-0.39, 0.29) is 18.0 Å². The van der Waals surface area contributed by atoms with E-state index >= 15 is 0 Å². The number of fused-ring (bicyclic) bond motifs is 1. The largest absolute Gasteiger partial charge is 0.459 e. The molecule has 0 aliphatic heterocycles. The van der Waals surface area contributed by atoms with Crippen LogP contribution in [0.25, 0.3) is 10.2 Å². The van der Waals surface area contributed by atoms with Gasteiger partial charge in [-0.2, -0.15) is 0 Å². The Labute approximate surface area is 121 Å². The quantitative estimate of drug-likeness (QED) is 0.879. The number of carbonyl (C=O) groups excluding carboxylic acids is 2. The third-order valence-corrected chi connectivity index (χ3v) is 3.49. The van der Waals surface area contributed by atoms with Crippen molar-refractivity contribution in [3.8, 4) is 0 Å². The van der Waals surface area contributed by atoms with Crippen molar-refractivity contribution in [2.24, 2.45) is 0 Å². The van der Waals surface area contributed by atoms with Gasteiger partial charge in [-0.05, 0) is 32.0 Å². The SMILES string of the molecule is CCC(=O)Nc1nc2cc(C(=O)OC(C)C)ccc2s1. The highest BCUT2D eigenvalue weighted by Gasteiger charge is 2.12. The maximum absolute atomic E-state index is 11.8. The molecule has 2 aromatic rings. The Kier molecular flexibility index (Phi) is 4.34. The lowest BCUT2D eigenvalue weighted by molar-refractivity contribution is -0.115. The van der Waals surface area contributed by atoms with E-state index in [9.17, 15) is 9.59 Å². The molecule has 20 heavy (non-hydrogen) atoms. The summed E-state index contributed by atoms with van der Waals surface area (Å²) >= 11 is 1.38. The molecule has 0 saturated heterocycles. The van der Waals surface area contributed by atoms with Gasteiger partial charge in [0, 0.05) is 6.42 Å². The van der Waals surface area contributed by atoms with Crippen LogP contribution in [-0.2, 0) is 9.53 Å². The van der Waals surface area contributed by atoms with E-state index in [1.54, 1.807) is 32.9 Å². The highest BCUT2D eigenvalue weighted by molar-refractivity contribution is 7.22. The lowest BCUT2D eigenvalue weighted by Crippen LogP contribution is -2.11. The normalized spacial score (nSPS) is 10.8. The highest BCUT2D eigenvalue weighted by Crippen LogP contribution is 2.27. The zero-order valence-electron chi connectivity index (χ0n) is 11.6. The number of carbonyl (C=O) groups is 2. The second kappa shape index (κ2) is 6.00. The number of aromatic nitrogens is 1. The minimum absolute atomic E-state index is 0.0801. The molecular weight excluding hydrogens is 276 g/mol. The predicted molar refractivity (Wildman–Crippen MR) is 79.1 cm³/mol. The molecule has 0 aliphatic rings. The Hall–Kier alpha value is -1.95. The first-order valence-electron chi connectivity index (χ1n) is 6.41. The smallest absolute Gasteiger partial charge is 0.338 e. The summed E-state index contributed by atoms with van der Waals surface area (Å²) in [4.78, 5) is 27.5. The van der Waals surface area contributed by atoms with Crippen molar-refractivity contribution in [1.82, 2.24) is 4.98 Å². The summed E-state index contributed by atoms with van der Waals surface area (Å²) in [6.07, 6.45) is 0.245. The van der Waals surface area contributed by atoms with Crippen LogP contribution < -0.4 is 5.32 Å². The van der Waals surface area contributed by atoms with Gasteiger partial charge in [0.25, 0.3) is 0 Å². The van der Waals surface area contributed by atoms with Crippen molar-refractivity contribution >= 4 is 38.6 Å². The van der Waals surface area contributed by atoms with Crippen LogP contribution in [0.3, 0.4) is 0 Å². The van der Waals surface area contributed by atoms with Crippen molar-refractivity contribution in [3.05, 3.63) is 23.8 Å². The Morgan fingerprint density at radius 3 is 2.80 bits per heavy atom. The maximum Gasteiger partial charge on any atom is 0.338 e. The van der Waals surface area contributed by atoms with E-state index in [2.05, 4.69) is 10.3 Å². The van der Waals surface area contributed by atoms with Crippen LogP contribution in [0.4, 0.5) is 5.13 Å². The summed E-state index contributed by atoms with van der Waals surface area (Å²) in [7, 11) is 0. The Balaban J connectivity index is 2.25.